The third kappa shape index (κ3) is 5.09. The van der Waals surface area contributed by atoms with E-state index in [1.807, 2.05) is 0 Å². The number of hydrogen-bond donors (Lipinski definition) is 0. The van der Waals surface area contributed by atoms with Crippen molar-refractivity contribution in [3.63, 3.8) is 0 Å². The molecule has 1 rings (SSSR count). The molecule has 13 heavy (non-hydrogen) atoms. The second kappa shape index (κ2) is 4.80. The van der Waals surface area contributed by atoms with E-state index in [9.17, 15) is 0 Å². The fourth-order valence-corrected chi connectivity index (χ4v) is 1.72. The molecule has 0 bridgehead atoms. The summed E-state index contributed by atoms with van der Waals surface area (Å²) in [5.74, 6) is 0. The Kier molecular flexibility index (Phi) is 3.98. The highest BCUT2D eigenvalue weighted by Crippen LogP contribution is 2.20. The van der Waals surface area contributed by atoms with Crippen LogP contribution in [0.2, 0.25) is 0 Å². The maximum Gasteiger partial charge on any atom is 0.0616 e. The van der Waals surface area contributed by atoms with Gasteiger partial charge in [0.05, 0.1) is 11.7 Å². The van der Waals surface area contributed by atoms with Crippen LogP contribution >= 0.6 is 0 Å². The molecule has 1 unspecified atom stereocenters. The van der Waals surface area contributed by atoms with Crippen LogP contribution in [0.5, 0.6) is 0 Å². The average molecular weight is 182 g/mol. The lowest BCUT2D eigenvalue weighted by Crippen LogP contribution is -2.27. The minimum absolute atomic E-state index is 0.0116. The predicted octanol–water partition coefficient (Wildman–Crippen LogP) is 3.69. The van der Waals surface area contributed by atoms with Crippen LogP contribution in [0.25, 0.3) is 0 Å². The van der Waals surface area contributed by atoms with Crippen molar-refractivity contribution in [2.24, 2.45) is 0 Å². The van der Waals surface area contributed by atoms with Crippen molar-refractivity contribution in [2.75, 3.05) is 0 Å². The summed E-state index contributed by atoms with van der Waals surface area (Å²) in [6.45, 7) is 6.40. The Labute approximate surface area is 82.2 Å². The zero-order valence-electron chi connectivity index (χ0n) is 9.18. The number of ether oxygens (including phenoxy) is 1. The molecule has 0 spiro atoms. The molecule has 0 heterocycles. The van der Waals surface area contributed by atoms with Gasteiger partial charge in [-0.15, -0.1) is 0 Å². The maximum absolute atomic E-state index is 5.96. The summed E-state index contributed by atoms with van der Waals surface area (Å²) in [4.78, 5) is 0. The molecule has 0 aliphatic heterocycles. The van der Waals surface area contributed by atoms with Gasteiger partial charge in [0, 0.05) is 0 Å². The predicted molar refractivity (Wildman–Crippen MR) is 56.9 cm³/mol. The van der Waals surface area contributed by atoms with E-state index in [1.54, 1.807) is 0 Å². The molecule has 0 amide bonds. The minimum Gasteiger partial charge on any atom is -0.372 e. The van der Waals surface area contributed by atoms with Gasteiger partial charge in [-0.1, -0.05) is 18.6 Å². The molecule has 0 fully saturated rings. The third-order valence-corrected chi connectivity index (χ3v) is 2.23. The van der Waals surface area contributed by atoms with Gasteiger partial charge in [-0.2, -0.15) is 0 Å². The van der Waals surface area contributed by atoms with Gasteiger partial charge in [0.2, 0.25) is 0 Å². The molecule has 76 valence electrons. The molecule has 0 aromatic carbocycles. The molecule has 1 nitrogen and oxygen atoms in total. The van der Waals surface area contributed by atoms with Crippen molar-refractivity contribution in [3.8, 4) is 0 Å². The molecule has 1 heteroatoms. The molecular formula is C12H22O. The van der Waals surface area contributed by atoms with Crippen LogP contribution < -0.4 is 0 Å². The summed E-state index contributed by atoms with van der Waals surface area (Å²) in [6, 6.07) is 0. The lowest BCUT2D eigenvalue weighted by Gasteiger charge is -2.27. The highest BCUT2D eigenvalue weighted by atomic mass is 16.5. The van der Waals surface area contributed by atoms with Crippen LogP contribution in [-0.4, -0.2) is 11.7 Å². The number of hydrogen-bond acceptors (Lipinski definition) is 1. The van der Waals surface area contributed by atoms with Gasteiger partial charge in [0.1, 0.15) is 0 Å². The van der Waals surface area contributed by atoms with E-state index in [2.05, 4.69) is 32.9 Å². The molecule has 0 N–H and O–H groups in total. The normalized spacial score (nSPS) is 25.3. The Hall–Kier alpha value is -0.300. The fraction of sp³-hybridized carbons (Fsp3) is 0.833. The Balaban J connectivity index is 2.38. The van der Waals surface area contributed by atoms with E-state index in [4.69, 9.17) is 4.74 Å². The topological polar surface area (TPSA) is 9.23 Å². The van der Waals surface area contributed by atoms with Gasteiger partial charge in [-0.3, -0.25) is 0 Å². The Bertz CT molecular complexity index is 164. The molecule has 0 saturated heterocycles. The van der Waals surface area contributed by atoms with E-state index in [0.29, 0.717) is 6.10 Å². The van der Waals surface area contributed by atoms with E-state index in [1.165, 1.54) is 25.7 Å². The summed E-state index contributed by atoms with van der Waals surface area (Å²) in [7, 11) is 0. The Morgan fingerprint density at radius 2 is 1.92 bits per heavy atom. The van der Waals surface area contributed by atoms with Gasteiger partial charge in [0.15, 0.2) is 0 Å². The smallest absolute Gasteiger partial charge is 0.0616 e. The highest BCUT2D eigenvalue weighted by Gasteiger charge is 2.17. The molecule has 0 aromatic heterocycles. The summed E-state index contributed by atoms with van der Waals surface area (Å²) < 4.78 is 5.96. The van der Waals surface area contributed by atoms with Gasteiger partial charge >= 0.3 is 0 Å². The Morgan fingerprint density at radius 3 is 2.62 bits per heavy atom. The lowest BCUT2D eigenvalue weighted by atomic mass is 10.0. The Morgan fingerprint density at radius 1 is 1.15 bits per heavy atom. The van der Waals surface area contributed by atoms with Crippen LogP contribution in [0.15, 0.2) is 12.2 Å². The molecule has 1 aliphatic carbocycles. The van der Waals surface area contributed by atoms with Crippen molar-refractivity contribution in [2.45, 2.75) is 64.6 Å². The number of allylic oxidation sites excluding steroid dienone is 1. The summed E-state index contributed by atoms with van der Waals surface area (Å²) in [5.41, 5.74) is 0.0116. The second-order valence-corrected chi connectivity index (χ2v) is 4.84. The maximum atomic E-state index is 5.96. The minimum atomic E-state index is 0.0116. The van der Waals surface area contributed by atoms with E-state index < -0.39 is 0 Å². The van der Waals surface area contributed by atoms with Gasteiger partial charge < -0.3 is 4.74 Å². The second-order valence-electron chi connectivity index (χ2n) is 4.84. The standard InChI is InChI=1S/C12H22O/c1-12(2,3)13-11-9-7-5-4-6-8-10-11/h5,7,11H,4,6,8-10H2,1-3H3. The zero-order valence-corrected chi connectivity index (χ0v) is 9.18. The van der Waals surface area contributed by atoms with Crippen molar-refractivity contribution in [3.05, 3.63) is 12.2 Å². The van der Waals surface area contributed by atoms with Crippen molar-refractivity contribution in [1.29, 1.82) is 0 Å². The first-order chi connectivity index (χ1) is 6.08. The van der Waals surface area contributed by atoms with Crippen molar-refractivity contribution >= 4 is 0 Å². The van der Waals surface area contributed by atoms with E-state index in [-0.39, 0.29) is 5.60 Å². The van der Waals surface area contributed by atoms with Crippen molar-refractivity contribution in [1.82, 2.24) is 0 Å². The van der Waals surface area contributed by atoms with Crippen LogP contribution in [0.4, 0.5) is 0 Å². The summed E-state index contributed by atoms with van der Waals surface area (Å²) in [6.07, 6.45) is 11.2. The monoisotopic (exact) mass is 182 g/mol. The zero-order chi connectivity index (χ0) is 9.73. The molecule has 1 aliphatic rings. The number of rotatable bonds is 1. The van der Waals surface area contributed by atoms with Crippen LogP contribution in [0.3, 0.4) is 0 Å². The molecular weight excluding hydrogens is 160 g/mol. The largest absolute Gasteiger partial charge is 0.372 e. The van der Waals surface area contributed by atoms with E-state index >= 15 is 0 Å². The quantitative estimate of drug-likeness (QED) is 0.562. The summed E-state index contributed by atoms with van der Waals surface area (Å²) >= 11 is 0. The first-order valence-corrected chi connectivity index (χ1v) is 5.41. The molecule has 1 atom stereocenters. The fourth-order valence-electron chi connectivity index (χ4n) is 1.72. The molecule has 0 saturated carbocycles. The highest BCUT2D eigenvalue weighted by molar-refractivity contribution is 4.87. The lowest BCUT2D eigenvalue weighted by molar-refractivity contribution is -0.0623. The first kappa shape index (κ1) is 10.8. The van der Waals surface area contributed by atoms with Crippen LogP contribution in [0, 0.1) is 0 Å². The van der Waals surface area contributed by atoms with Crippen LogP contribution in [0.1, 0.15) is 52.9 Å². The third-order valence-electron chi connectivity index (χ3n) is 2.23. The van der Waals surface area contributed by atoms with Gasteiger partial charge in [0.25, 0.3) is 0 Å². The first-order valence-electron chi connectivity index (χ1n) is 5.41. The van der Waals surface area contributed by atoms with E-state index in [0.717, 1.165) is 6.42 Å². The van der Waals surface area contributed by atoms with Crippen LogP contribution in [-0.2, 0) is 4.74 Å². The summed E-state index contributed by atoms with van der Waals surface area (Å²) in [5, 5.41) is 0. The average Bonchev–Trinajstić information content (AvgIpc) is 1.92. The molecule has 0 aromatic rings. The van der Waals surface area contributed by atoms with Gasteiger partial charge in [-0.05, 0) is 46.5 Å². The molecule has 0 radical (unpaired) electrons. The van der Waals surface area contributed by atoms with Crippen molar-refractivity contribution < 1.29 is 4.74 Å². The van der Waals surface area contributed by atoms with Gasteiger partial charge in [-0.25, -0.2) is 0 Å². The SMILES string of the molecule is CC(C)(C)OC1CC=CCCCC1.